The molecule has 0 spiro atoms. The standard InChI is InChI=1S/C28H33N3O5S2/c32-28(29-16-15-22-9-12-26(13-10-22)37(33,34)30-17-3-4-18-30)25-8-5-19-31(21-25)38(35,36)27-14-11-23-6-1-2-7-24(23)20-27/h1-2,6-7,9-14,20,25H,3-5,8,15-19,21H2,(H,29,32). The molecule has 0 bridgehead atoms. The third-order valence-electron chi connectivity index (χ3n) is 7.45. The van der Waals surface area contributed by atoms with E-state index < -0.39 is 26.0 Å². The SMILES string of the molecule is O=C(NCCc1ccc(S(=O)(=O)N2CCCC2)cc1)C1CCCN(S(=O)(=O)c2ccc3ccccc3c2)C1. The van der Waals surface area contributed by atoms with Gasteiger partial charge in [-0.1, -0.05) is 42.5 Å². The molecule has 2 fully saturated rings. The number of rotatable bonds is 8. The first kappa shape index (κ1) is 26.8. The van der Waals surface area contributed by atoms with Crippen molar-refractivity contribution in [2.45, 2.75) is 41.9 Å². The number of piperidine rings is 1. The van der Waals surface area contributed by atoms with E-state index in [9.17, 15) is 21.6 Å². The van der Waals surface area contributed by atoms with Gasteiger partial charge in [-0.05, 0) is 72.7 Å². The molecule has 0 aliphatic carbocycles. The number of sulfonamides is 2. The molecule has 1 unspecified atom stereocenters. The molecular formula is C28H33N3O5S2. The minimum atomic E-state index is -3.71. The molecule has 2 aliphatic heterocycles. The second kappa shape index (κ2) is 11.1. The summed E-state index contributed by atoms with van der Waals surface area (Å²) < 4.78 is 55.0. The molecule has 202 valence electrons. The molecule has 2 aliphatic rings. The topological polar surface area (TPSA) is 104 Å². The van der Waals surface area contributed by atoms with E-state index in [1.807, 2.05) is 30.3 Å². The van der Waals surface area contributed by atoms with Crippen molar-refractivity contribution in [1.82, 2.24) is 13.9 Å². The van der Waals surface area contributed by atoms with Gasteiger partial charge in [-0.25, -0.2) is 16.8 Å². The highest BCUT2D eigenvalue weighted by atomic mass is 32.2. The Hall–Kier alpha value is -2.79. The molecule has 0 radical (unpaired) electrons. The van der Waals surface area contributed by atoms with Gasteiger partial charge in [0.1, 0.15) is 0 Å². The van der Waals surface area contributed by atoms with Crippen molar-refractivity contribution in [3.05, 3.63) is 72.3 Å². The third kappa shape index (κ3) is 5.63. The normalized spacial score (nSPS) is 19.5. The van der Waals surface area contributed by atoms with Gasteiger partial charge < -0.3 is 5.32 Å². The van der Waals surface area contributed by atoms with Crippen molar-refractivity contribution >= 4 is 36.7 Å². The smallest absolute Gasteiger partial charge is 0.243 e. The molecule has 2 heterocycles. The van der Waals surface area contributed by atoms with Crippen LogP contribution in [-0.2, 0) is 31.3 Å². The summed E-state index contributed by atoms with van der Waals surface area (Å²) in [5, 5.41) is 4.78. The average Bonchev–Trinajstić information content (AvgIpc) is 3.49. The molecule has 10 heteroatoms. The number of fused-ring (bicyclic) bond motifs is 1. The number of hydrogen-bond acceptors (Lipinski definition) is 5. The number of nitrogens with zero attached hydrogens (tertiary/aromatic N) is 2. The summed E-state index contributed by atoms with van der Waals surface area (Å²) in [7, 11) is -7.15. The molecular weight excluding hydrogens is 522 g/mol. The number of nitrogens with one attached hydrogen (secondary N) is 1. The lowest BCUT2D eigenvalue weighted by molar-refractivity contribution is -0.126. The fourth-order valence-corrected chi connectivity index (χ4v) is 8.31. The van der Waals surface area contributed by atoms with E-state index in [0.717, 1.165) is 29.2 Å². The van der Waals surface area contributed by atoms with Crippen LogP contribution in [-0.4, -0.2) is 64.1 Å². The summed E-state index contributed by atoms with van der Waals surface area (Å²) in [6.07, 6.45) is 3.61. The van der Waals surface area contributed by atoms with Crippen LogP contribution in [0.1, 0.15) is 31.2 Å². The molecule has 8 nitrogen and oxygen atoms in total. The van der Waals surface area contributed by atoms with Gasteiger partial charge in [-0.15, -0.1) is 0 Å². The molecule has 1 atom stereocenters. The fourth-order valence-electron chi connectivity index (χ4n) is 5.23. The van der Waals surface area contributed by atoms with Crippen LogP contribution in [0.25, 0.3) is 10.8 Å². The molecule has 2 saturated heterocycles. The highest BCUT2D eigenvalue weighted by molar-refractivity contribution is 7.89. The van der Waals surface area contributed by atoms with Gasteiger partial charge in [0.15, 0.2) is 0 Å². The summed E-state index contributed by atoms with van der Waals surface area (Å²) in [6.45, 7) is 2.08. The second-order valence-electron chi connectivity index (χ2n) is 10.0. The zero-order valence-corrected chi connectivity index (χ0v) is 22.9. The van der Waals surface area contributed by atoms with Crippen molar-refractivity contribution in [3.8, 4) is 0 Å². The summed E-state index contributed by atoms with van der Waals surface area (Å²) in [6, 6.07) is 19.6. The average molecular weight is 556 g/mol. The van der Waals surface area contributed by atoms with Crippen LogP contribution in [0.5, 0.6) is 0 Å². The van der Waals surface area contributed by atoms with Crippen LogP contribution >= 0.6 is 0 Å². The fraction of sp³-hybridized carbons (Fsp3) is 0.393. The lowest BCUT2D eigenvalue weighted by Crippen LogP contribution is -2.45. The van der Waals surface area contributed by atoms with Gasteiger partial charge in [0, 0.05) is 32.7 Å². The molecule has 38 heavy (non-hydrogen) atoms. The highest BCUT2D eigenvalue weighted by Gasteiger charge is 2.33. The van der Waals surface area contributed by atoms with E-state index in [2.05, 4.69) is 5.32 Å². The molecule has 0 saturated carbocycles. The predicted molar refractivity (Wildman–Crippen MR) is 147 cm³/mol. The number of benzene rings is 3. The molecule has 5 rings (SSSR count). The van der Waals surface area contributed by atoms with Crippen LogP contribution < -0.4 is 5.32 Å². The van der Waals surface area contributed by atoms with Crippen molar-refractivity contribution in [1.29, 1.82) is 0 Å². The first-order valence-corrected chi connectivity index (χ1v) is 16.0. The predicted octanol–water partition coefficient (Wildman–Crippen LogP) is 3.38. The van der Waals surface area contributed by atoms with Gasteiger partial charge in [0.25, 0.3) is 0 Å². The second-order valence-corrected chi connectivity index (χ2v) is 13.9. The Morgan fingerprint density at radius 3 is 2.13 bits per heavy atom. The molecule has 1 amide bonds. The van der Waals surface area contributed by atoms with Crippen LogP contribution in [0.3, 0.4) is 0 Å². The van der Waals surface area contributed by atoms with Crippen LogP contribution in [0.4, 0.5) is 0 Å². The van der Waals surface area contributed by atoms with E-state index in [-0.39, 0.29) is 17.3 Å². The van der Waals surface area contributed by atoms with Crippen molar-refractivity contribution < 1.29 is 21.6 Å². The zero-order valence-electron chi connectivity index (χ0n) is 21.3. The van der Waals surface area contributed by atoms with Crippen molar-refractivity contribution in [2.24, 2.45) is 5.92 Å². The van der Waals surface area contributed by atoms with Crippen molar-refractivity contribution in [3.63, 3.8) is 0 Å². The molecule has 3 aromatic carbocycles. The Morgan fingerprint density at radius 1 is 0.763 bits per heavy atom. The van der Waals surface area contributed by atoms with Crippen LogP contribution in [0.15, 0.2) is 76.5 Å². The molecule has 0 aromatic heterocycles. The molecule has 3 aromatic rings. The van der Waals surface area contributed by atoms with Gasteiger partial charge in [-0.3, -0.25) is 4.79 Å². The van der Waals surface area contributed by atoms with E-state index >= 15 is 0 Å². The maximum Gasteiger partial charge on any atom is 0.243 e. The minimum Gasteiger partial charge on any atom is -0.355 e. The maximum atomic E-state index is 13.3. The lowest BCUT2D eigenvalue weighted by Gasteiger charge is -2.31. The summed E-state index contributed by atoms with van der Waals surface area (Å²) in [5.74, 6) is -0.566. The third-order valence-corrected chi connectivity index (χ3v) is 11.2. The first-order valence-electron chi connectivity index (χ1n) is 13.1. The molecule has 1 N–H and O–H groups in total. The Balaban J connectivity index is 1.16. The van der Waals surface area contributed by atoms with Crippen LogP contribution in [0, 0.1) is 5.92 Å². The Bertz CT molecular complexity index is 1520. The number of hydrogen-bond donors (Lipinski definition) is 1. The summed E-state index contributed by atoms with van der Waals surface area (Å²) >= 11 is 0. The van der Waals surface area contributed by atoms with Gasteiger partial charge in [0.05, 0.1) is 15.7 Å². The number of amides is 1. The quantitative estimate of drug-likeness (QED) is 0.459. The number of carbonyl (C=O) groups excluding carboxylic acids is 1. The monoisotopic (exact) mass is 555 g/mol. The Morgan fingerprint density at radius 2 is 1.39 bits per heavy atom. The van der Waals surface area contributed by atoms with Crippen LogP contribution in [0.2, 0.25) is 0 Å². The van der Waals surface area contributed by atoms with Gasteiger partial charge >= 0.3 is 0 Å². The minimum absolute atomic E-state index is 0.156. The summed E-state index contributed by atoms with van der Waals surface area (Å²) in [4.78, 5) is 13.4. The first-order chi connectivity index (χ1) is 18.2. The zero-order chi connectivity index (χ0) is 26.8. The van der Waals surface area contributed by atoms with E-state index in [1.54, 1.807) is 36.4 Å². The van der Waals surface area contributed by atoms with Gasteiger partial charge in [0.2, 0.25) is 26.0 Å². The maximum absolute atomic E-state index is 13.3. The summed E-state index contributed by atoms with van der Waals surface area (Å²) in [5.41, 5.74) is 0.926. The number of carbonyl (C=O) groups is 1. The largest absolute Gasteiger partial charge is 0.355 e. The lowest BCUT2D eigenvalue weighted by atomic mass is 9.99. The van der Waals surface area contributed by atoms with E-state index in [0.29, 0.717) is 50.3 Å². The highest BCUT2D eigenvalue weighted by Crippen LogP contribution is 2.26. The Kier molecular flexibility index (Phi) is 7.85. The van der Waals surface area contributed by atoms with E-state index in [4.69, 9.17) is 0 Å². The van der Waals surface area contributed by atoms with Gasteiger partial charge in [-0.2, -0.15) is 8.61 Å². The van der Waals surface area contributed by atoms with E-state index in [1.165, 1.54) is 8.61 Å². The van der Waals surface area contributed by atoms with Crippen molar-refractivity contribution in [2.75, 3.05) is 32.7 Å². The Labute approximate surface area is 224 Å².